The average molecular weight is 271 g/mol. The number of hydrogen-bond donors (Lipinski definition) is 2. The highest BCUT2D eigenvalue weighted by Crippen LogP contribution is 2.23. The molecule has 0 aliphatic carbocycles. The molecule has 0 spiro atoms. The summed E-state index contributed by atoms with van der Waals surface area (Å²) in [6.45, 7) is -0.0563. The second-order valence-electron chi connectivity index (χ2n) is 3.30. The van der Waals surface area contributed by atoms with Gasteiger partial charge in [0.2, 0.25) is 0 Å². The smallest absolute Gasteiger partial charge is 0.304 e. The Morgan fingerprint density at radius 2 is 2.44 bits per heavy atom. The minimum Gasteiger partial charge on any atom is -0.481 e. The van der Waals surface area contributed by atoms with Crippen molar-refractivity contribution in [3.05, 3.63) is 11.1 Å². The van der Waals surface area contributed by atoms with E-state index in [1.165, 1.54) is 11.3 Å². The van der Waals surface area contributed by atoms with Gasteiger partial charge in [-0.1, -0.05) is 5.16 Å². The predicted octanol–water partition coefficient (Wildman–Crippen LogP) is 0.0955. The molecular formula is C9H11N4O4S. The van der Waals surface area contributed by atoms with Gasteiger partial charge in [0.05, 0.1) is 12.1 Å². The Labute approximate surface area is 106 Å². The molecule has 9 heteroatoms. The number of anilines is 1. The van der Waals surface area contributed by atoms with Crippen LogP contribution in [0.15, 0.2) is 10.5 Å². The van der Waals surface area contributed by atoms with Crippen LogP contribution in [-0.2, 0) is 14.4 Å². The van der Waals surface area contributed by atoms with E-state index in [0.717, 1.165) is 0 Å². The Hall–Kier alpha value is -2.16. The molecule has 0 bridgehead atoms. The van der Waals surface area contributed by atoms with Crippen LogP contribution in [0.2, 0.25) is 0 Å². The third kappa shape index (κ3) is 4.78. The highest BCUT2D eigenvalue weighted by Gasteiger charge is 2.19. The summed E-state index contributed by atoms with van der Waals surface area (Å²) in [5, 5.41) is 14.0. The van der Waals surface area contributed by atoms with Crippen LogP contribution in [0.25, 0.3) is 0 Å². The van der Waals surface area contributed by atoms with Gasteiger partial charge in [0.15, 0.2) is 5.13 Å². The molecule has 0 saturated carbocycles. The predicted molar refractivity (Wildman–Crippen MR) is 64.1 cm³/mol. The van der Waals surface area contributed by atoms with Crippen molar-refractivity contribution in [2.75, 3.05) is 12.3 Å². The highest BCUT2D eigenvalue weighted by atomic mass is 32.1. The SMILES string of the molecule is [NH]C(=O)C=NOCC(CC(=O)O)c1csc(N)n1. The number of aromatic nitrogens is 1. The van der Waals surface area contributed by atoms with E-state index in [4.69, 9.17) is 21.4 Å². The van der Waals surface area contributed by atoms with Gasteiger partial charge in [0.1, 0.15) is 12.8 Å². The fraction of sp³-hybridized carbons (Fsp3) is 0.333. The lowest BCUT2D eigenvalue weighted by Crippen LogP contribution is -2.12. The van der Waals surface area contributed by atoms with E-state index in [2.05, 4.69) is 10.1 Å². The van der Waals surface area contributed by atoms with E-state index < -0.39 is 17.8 Å². The number of nitrogens with one attached hydrogen (secondary N) is 1. The third-order valence-electron chi connectivity index (χ3n) is 1.90. The Morgan fingerprint density at radius 3 is 2.94 bits per heavy atom. The number of carboxylic acid groups (broad SMARTS) is 1. The highest BCUT2D eigenvalue weighted by molar-refractivity contribution is 7.13. The Kier molecular flexibility index (Phi) is 5.06. The van der Waals surface area contributed by atoms with E-state index in [1.54, 1.807) is 5.38 Å². The molecule has 0 aromatic carbocycles. The first-order chi connectivity index (χ1) is 8.49. The molecule has 1 atom stereocenters. The first kappa shape index (κ1) is 13.9. The van der Waals surface area contributed by atoms with Gasteiger partial charge in [0.25, 0.3) is 5.91 Å². The van der Waals surface area contributed by atoms with Gasteiger partial charge < -0.3 is 15.7 Å². The molecule has 0 fully saturated rings. The van der Waals surface area contributed by atoms with Crippen molar-refractivity contribution in [2.45, 2.75) is 12.3 Å². The number of hydrogen-bond acceptors (Lipinski definition) is 7. The van der Waals surface area contributed by atoms with Crippen LogP contribution in [0.1, 0.15) is 18.0 Å². The van der Waals surface area contributed by atoms with E-state index >= 15 is 0 Å². The van der Waals surface area contributed by atoms with Crippen LogP contribution in [0.3, 0.4) is 0 Å². The normalized spacial score (nSPS) is 12.4. The van der Waals surface area contributed by atoms with Crippen molar-refractivity contribution in [3.8, 4) is 0 Å². The standard InChI is InChI=1S/C9H11N4O4S/c10-7(14)2-12-17-3-5(1-8(15)16)6-4-18-9(11)13-6/h2,4-5,10H,1,3H2,(H2,11,13)(H,15,16). The van der Waals surface area contributed by atoms with Crippen LogP contribution in [-0.4, -0.2) is 34.8 Å². The maximum absolute atomic E-state index is 10.7. The van der Waals surface area contributed by atoms with Gasteiger partial charge in [-0.2, -0.15) is 0 Å². The second-order valence-corrected chi connectivity index (χ2v) is 4.19. The summed E-state index contributed by atoms with van der Waals surface area (Å²) in [4.78, 5) is 29.7. The summed E-state index contributed by atoms with van der Waals surface area (Å²) < 4.78 is 0. The van der Waals surface area contributed by atoms with Crippen molar-refractivity contribution in [1.82, 2.24) is 10.7 Å². The molecule has 4 N–H and O–H groups in total. The van der Waals surface area contributed by atoms with Gasteiger partial charge >= 0.3 is 5.97 Å². The number of nitrogens with zero attached hydrogens (tertiary/aromatic N) is 2. The fourth-order valence-corrected chi connectivity index (χ4v) is 1.81. The molecule has 0 aliphatic heterocycles. The molecule has 1 amide bonds. The maximum Gasteiger partial charge on any atom is 0.304 e. The number of carbonyl (C=O) groups excluding carboxylic acids is 1. The van der Waals surface area contributed by atoms with Crippen molar-refractivity contribution in [3.63, 3.8) is 0 Å². The van der Waals surface area contributed by atoms with E-state index in [9.17, 15) is 9.59 Å². The largest absolute Gasteiger partial charge is 0.481 e. The molecule has 0 saturated heterocycles. The molecule has 97 valence electrons. The summed E-state index contributed by atoms with van der Waals surface area (Å²) in [6, 6.07) is 0. The van der Waals surface area contributed by atoms with Crippen LogP contribution in [0, 0.1) is 0 Å². The number of oxime groups is 1. The monoisotopic (exact) mass is 271 g/mol. The van der Waals surface area contributed by atoms with Crippen molar-refractivity contribution in [1.29, 1.82) is 0 Å². The quantitative estimate of drug-likeness (QED) is 0.532. The molecule has 1 unspecified atom stereocenters. The van der Waals surface area contributed by atoms with Gasteiger partial charge in [-0.25, -0.2) is 4.98 Å². The minimum absolute atomic E-state index is 0.0563. The van der Waals surface area contributed by atoms with Gasteiger partial charge in [-0.15, -0.1) is 11.3 Å². The number of carbonyl (C=O) groups is 2. The number of rotatable bonds is 7. The first-order valence-corrected chi connectivity index (χ1v) is 5.70. The average Bonchev–Trinajstić information content (AvgIpc) is 2.68. The fourth-order valence-electron chi connectivity index (χ4n) is 1.17. The topological polar surface area (TPSA) is 139 Å². The number of aliphatic carboxylic acids is 1. The molecule has 18 heavy (non-hydrogen) atoms. The zero-order valence-electron chi connectivity index (χ0n) is 9.20. The van der Waals surface area contributed by atoms with Crippen LogP contribution in [0.4, 0.5) is 5.13 Å². The van der Waals surface area contributed by atoms with E-state index in [-0.39, 0.29) is 13.0 Å². The van der Waals surface area contributed by atoms with Gasteiger partial charge in [-0.3, -0.25) is 15.3 Å². The number of nitrogens with two attached hydrogens (primary N) is 1. The van der Waals surface area contributed by atoms with Crippen molar-refractivity contribution >= 4 is 34.6 Å². The lowest BCUT2D eigenvalue weighted by molar-refractivity contribution is -0.137. The number of nitrogen functional groups attached to an aromatic ring is 1. The summed E-state index contributed by atoms with van der Waals surface area (Å²) in [5.41, 5.74) is 12.5. The molecular weight excluding hydrogens is 260 g/mol. The maximum atomic E-state index is 10.7. The molecule has 0 aliphatic rings. The Balaban J connectivity index is 2.62. The molecule has 1 aromatic rings. The summed E-state index contributed by atoms with van der Waals surface area (Å²) in [5.74, 6) is -2.51. The van der Waals surface area contributed by atoms with Gasteiger partial charge in [-0.05, 0) is 0 Å². The summed E-state index contributed by atoms with van der Waals surface area (Å²) in [7, 11) is 0. The van der Waals surface area contributed by atoms with Crippen LogP contribution < -0.4 is 11.5 Å². The molecule has 8 nitrogen and oxygen atoms in total. The second kappa shape index (κ2) is 6.55. The van der Waals surface area contributed by atoms with Crippen LogP contribution in [0.5, 0.6) is 0 Å². The third-order valence-corrected chi connectivity index (χ3v) is 2.59. The molecule has 1 radical (unpaired) electrons. The Bertz CT molecular complexity index is 459. The minimum atomic E-state index is -1.00. The molecule has 1 heterocycles. The number of carboxylic acids is 1. The summed E-state index contributed by atoms with van der Waals surface area (Å²) in [6.07, 6.45) is 0.501. The van der Waals surface area contributed by atoms with Gasteiger partial charge in [0, 0.05) is 11.3 Å². The number of amides is 1. The number of thiazole rings is 1. The van der Waals surface area contributed by atoms with E-state index in [0.29, 0.717) is 17.0 Å². The molecule has 1 aromatic heterocycles. The first-order valence-electron chi connectivity index (χ1n) is 4.82. The van der Waals surface area contributed by atoms with Crippen molar-refractivity contribution in [2.24, 2.45) is 5.16 Å². The van der Waals surface area contributed by atoms with E-state index in [1.807, 2.05) is 0 Å². The summed E-state index contributed by atoms with van der Waals surface area (Å²) >= 11 is 1.20. The van der Waals surface area contributed by atoms with Crippen molar-refractivity contribution < 1.29 is 19.5 Å². The molecule has 1 rings (SSSR count). The zero-order valence-corrected chi connectivity index (χ0v) is 10.0. The van der Waals surface area contributed by atoms with Crippen LogP contribution >= 0.6 is 11.3 Å². The Morgan fingerprint density at radius 1 is 1.72 bits per heavy atom. The zero-order chi connectivity index (χ0) is 13.5. The lowest BCUT2D eigenvalue weighted by atomic mass is 10.0. The lowest BCUT2D eigenvalue weighted by Gasteiger charge is -2.10.